The minimum absolute atomic E-state index is 0.00489. The number of benzene rings is 1. The molecule has 1 atom stereocenters. The Morgan fingerprint density at radius 1 is 1.30 bits per heavy atom. The van der Waals surface area contributed by atoms with Gasteiger partial charge in [0.25, 0.3) is 5.91 Å². The summed E-state index contributed by atoms with van der Waals surface area (Å²) in [6.45, 7) is 4.43. The van der Waals surface area contributed by atoms with Crippen molar-refractivity contribution in [2.24, 2.45) is 0 Å². The van der Waals surface area contributed by atoms with Crippen LogP contribution in [0.3, 0.4) is 0 Å². The molecule has 0 unspecified atom stereocenters. The van der Waals surface area contributed by atoms with Crippen molar-refractivity contribution in [3.05, 3.63) is 42.5 Å². The van der Waals surface area contributed by atoms with Gasteiger partial charge in [-0.2, -0.15) is 5.10 Å². The van der Waals surface area contributed by atoms with Crippen LogP contribution in [0.25, 0.3) is 0 Å². The first-order valence-corrected chi connectivity index (χ1v) is 7.44. The van der Waals surface area contributed by atoms with E-state index in [1.807, 2.05) is 0 Å². The van der Waals surface area contributed by atoms with E-state index in [0.29, 0.717) is 24.4 Å². The summed E-state index contributed by atoms with van der Waals surface area (Å²) in [6.07, 6.45) is 3.27. The van der Waals surface area contributed by atoms with Gasteiger partial charge in [0.2, 0.25) is 0 Å². The van der Waals surface area contributed by atoms with Gasteiger partial charge in [-0.3, -0.25) is 14.3 Å². The van der Waals surface area contributed by atoms with E-state index in [9.17, 15) is 9.59 Å². The molecule has 0 saturated carbocycles. The van der Waals surface area contributed by atoms with Crippen molar-refractivity contribution in [3.8, 4) is 5.75 Å². The van der Waals surface area contributed by atoms with Crippen molar-refractivity contribution in [2.75, 3.05) is 6.54 Å². The molecule has 0 aliphatic rings. The first-order valence-electron chi connectivity index (χ1n) is 7.44. The molecular weight excluding hydrogens is 296 g/mol. The maximum Gasteiger partial charge on any atom is 0.260 e. The molecule has 1 amide bonds. The number of hydrogen-bond acceptors (Lipinski definition) is 5. The fourth-order valence-corrected chi connectivity index (χ4v) is 1.97. The predicted octanol–water partition coefficient (Wildman–Crippen LogP) is 1.45. The zero-order chi connectivity index (χ0) is 16.7. The number of amides is 1. The number of hydrogen-bond donors (Lipinski definition) is 1. The number of Topliss-reactive ketones (excluding diaryl/α,β-unsaturated/α-hetero) is 1. The largest absolute Gasteiger partial charge is 0.481 e. The highest BCUT2D eigenvalue weighted by molar-refractivity contribution is 5.94. The molecule has 0 fully saturated rings. The van der Waals surface area contributed by atoms with E-state index in [0.717, 1.165) is 6.42 Å². The molecule has 0 aliphatic carbocycles. The van der Waals surface area contributed by atoms with Crippen LogP contribution in [0, 0.1) is 0 Å². The van der Waals surface area contributed by atoms with Crippen LogP contribution in [-0.4, -0.2) is 39.1 Å². The number of aromatic nitrogens is 3. The molecule has 0 saturated heterocycles. The standard InChI is InChI=1S/C16H20N4O3/c1-12(21)14-4-6-15(7-5-14)23-13(2)16(22)18-8-3-9-20-11-17-10-19-20/h4-7,10-11,13H,3,8-9H2,1-2H3,(H,18,22)/t13-/m0/s1. The van der Waals surface area contributed by atoms with Crippen LogP contribution in [0.2, 0.25) is 0 Å². The molecule has 0 spiro atoms. The van der Waals surface area contributed by atoms with E-state index in [4.69, 9.17) is 4.74 Å². The summed E-state index contributed by atoms with van der Waals surface area (Å²) < 4.78 is 7.27. The highest BCUT2D eigenvalue weighted by atomic mass is 16.5. The SMILES string of the molecule is CC(=O)c1ccc(O[C@@H](C)C(=O)NCCCn2cncn2)cc1. The smallest absolute Gasteiger partial charge is 0.260 e. The second kappa shape index (κ2) is 8.07. The van der Waals surface area contributed by atoms with Gasteiger partial charge in [-0.25, -0.2) is 4.98 Å². The zero-order valence-electron chi connectivity index (χ0n) is 13.2. The number of carbonyl (C=O) groups excluding carboxylic acids is 2. The molecule has 1 aromatic heterocycles. The Morgan fingerprint density at radius 2 is 2.04 bits per heavy atom. The average molecular weight is 316 g/mol. The Bertz CT molecular complexity index is 638. The lowest BCUT2D eigenvalue weighted by atomic mass is 10.1. The summed E-state index contributed by atoms with van der Waals surface area (Å²) in [5.41, 5.74) is 0.613. The summed E-state index contributed by atoms with van der Waals surface area (Å²) in [7, 11) is 0. The van der Waals surface area contributed by atoms with Gasteiger partial charge in [0.15, 0.2) is 11.9 Å². The molecule has 0 radical (unpaired) electrons. The molecule has 7 heteroatoms. The summed E-state index contributed by atoms with van der Waals surface area (Å²) in [6, 6.07) is 6.73. The number of ether oxygens (including phenoxy) is 1. The van der Waals surface area contributed by atoms with Crippen LogP contribution >= 0.6 is 0 Å². The van der Waals surface area contributed by atoms with Gasteiger partial charge >= 0.3 is 0 Å². The van der Waals surface area contributed by atoms with Crippen molar-refractivity contribution in [1.29, 1.82) is 0 Å². The van der Waals surface area contributed by atoms with Gasteiger partial charge in [0, 0.05) is 18.7 Å². The topological polar surface area (TPSA) is 86.1 Å². The highest BCUT2D eigenvalue weighted by Crippen LogP contribution is 2.14. The monoisotopic (exact) mass is 316 g/mol. The predicted molar refractivity (Wildman–Crippen MR) is 84.2 cm³/mol. The second-order valence-corrected chi connectivity index (χ2v) is 5.14. The maximum absolute atomic E-state index is 12.0. The normalized spacial score (nSPS) is 11.7. The van der Waals surface area contributed by atoms with Gasteiger partial charge in [0.1, 0.15) is 18.4 Å². The lowest BCUT2D eigenvalue weighted by Gasteiger charge is -2.15. The molecule has 2 aromatic rings. The zero-order valence-corrected chi connectivity index (χ0v) is 13.2. The van der Waals surface area contributed by atoms with Crippen LogP contribution in [0.5, 0.6) is 5.75 Å². The molecule has 1 aromatic carbocycles. The van der Waals surface area contributed by atoms with Crippen LogP contribution in [0.1, 0.15) is 30.6 Å². The van der Waals surface area contributed by atoms with Crippen LogP contribution in [0.4, 0.5) is 0 Å². The molecule has 0 bridgehead atoms. The van der Waals surface area contributed by atoms with Crippen LogP contribution in [-0.2, 0) is 11.3 Å². The summed E-state index contributed by atoms with van der Waals surface area (Å²) in [5.74, 6) is 0.370. The van der Waals surface area contributed by atoms with E-state index >= 15 is 0 Å². The Balaban J connectivity index is 1.72. The van der Waals surface area contributed by atoms with Gasteiger partial charge in [-0.05, 0) is 44.5 Å². The summed E-state index contributed by atoms with van der Waals surface area (Å²) >= 11 is 0. The van der Waals surface area contributed by atoms with Crippen molar-refractivity contribution in [2.45, 2.75) is 32.9 Å². The lowest BCUT2D eigenvalue weighted by molar-refractivity contribution is -0.127. The summed E-state index contributed by atoms with van der Waals surface area (Å²) in [4.78, 5) is 27.0. The number of ketones is 1. The lowest BCUT2D eigenvalue weighted by Crippen LogP contribution is -2.37. The van der Waals surface area contributed by atoms with Crippen molar-refractivity contribution >= 4 is 11.7 Å². The van der Waals surface area contributed by atoms with Crippen molar-refractivity contribution in [1.82, 2.24) is 20.1 Å². The number of nitrogens with zero attached hydrogens (tertiary/aromatic N) is 3. The molecule has 1 N–H and O–H groups in total. The second-order valence-electron chi connectivity index (χ2n) is 5.14. The van der Waals surface area contributed by atoms with E-state index in [1.54, 1.807) is 42.2 Å². The van der Waals surface area contributed by atoms with Crippen molar-refractivity contribution in [3.63, 3.8) is 0 Å². The number of carbonyl (C=O) groups is 2. The quantitative estimate of drug-likeness (QED) is 0.588. The van der Waals surface area contributed by atoms with Gasteiger partial charge in [-0.15, -0.1) is 0 Å². The van der Waals surface area contributed by atoms with Gasteiger partial charge < -0.3 is 10.1 Å². The van der Waals surface area contributed by atoms with E-state index in [1.165, 1.54) is 13.3 Å². The Morgan fingerprint density at radius 3 is 2.65 bits per heavy atom. The third kappa shape index (κ3) is 5.21. The first-order chi connectivity index (χ1) is 11.1. The minimum Gasteiger partial charge on any atom is -0.481 e. The number of aryl methyl sites for hydroxylation is 1. The van der Waals surface area contributed by atoms with Crippen LogP contribution in [0.15, 0.2) is 36.9 Å². The van der Waals surface area contributed by atoms with Gasteiger partial charge in [0.05, 0.1) is 0 Å². The maximum atomic E-state index is 12.0. The third-order valence-corrected chi connectivity index (χ3v) is 3.27. The van der Waals surface area contributed by atoms with E-state index in [2.05, 4.69) is 15.4 Å². The van der Waals surface area contributed by atoms with Crippen LogP contribution < -0.4 is 10.1 Å². The summed E-state index contributed by atoms with van der Waals surface area (Å²) in [5, 5.41) is 6.80. The van der Waals surface area contributed by atoms with Crippen molar-refractivity contribution < 1.29 is 14.3 Å². The Hall–Kier alpha value is -2.70. The molecule has 0 aliphatic heterocycles. The highest BCUT2D eigenvalue weighted by Gasteiger charge is 2.14. The molecule has 122 valence electrons. The number of rotatable bonds is 8. The molecule has 23 heavy (non-hydrogen) atoms. The fourth-order valence-electron chi connectivity index (χ4n) is 1.97. The first kappa shape index (κ1) is 16.7. The Kier molecular flexibility index (Phi) is 5.85. The number of nitrogens with one attached hydrogen (secondary N) is 1. The third-order valence-electron chi connectivity index (χ3n) is 3.27. The molecular formula is C16H20N4O3. The molecule has 1 heterocycles. The average Bonchev–Trinajstić information content (AvgIpc) is 3.05. The molecule has 7 nitrogen and oxygen atoms in total. The molecule has 2 rings (SSSR count). The fraction of sp³-hybridized carbons (Fsp3) is 0.375. The van der Waals surface area contributed by atoms with E-state index < -0.39 is 6.10 Å². The van der Waals surface area contributed by atoms with Gasteiger partial charge in [-0.1, -0.05) is 0 Å². The Labute approximate surface area is 134 Å². The van der Waals surface area contributed by atoms with E-state index in [-0.39, 0.29) is 11.7 Å². The minimum atomic E-state index is -0.607.